The van der Waals surface area contributed by atoms with Crippen molar-refractivity contribution in [2.75, 3.05) is 19.7 Å². The molecule has 1 aliphatic rings. The van der Waals surface area contributed by atoms with E-state index in [1.165, 1.54) is 0 Å². The summed E-state index contributed by atoms with van der Waals surface area (Å²) in [6.07, 6.45) is 2.04. The van der Waals surface area contributed by atoms with Crippen LogP contribution in [0.25, 0.3) is 10.8 Å². The summed E-state index contributed by atoms with van der Waals surface area (Å²) in [5.41, 5.74) is 0.593. The lowest BCUT2D eigenvalue weighted by Gasteiger charge is -2.23. The van der Waals surface area contributed by atoms with Crippen LogP contribution in [0.5, 0.6) is 0 Å². The fraction of sp³-hybridized carbons (Fsp3) is 0.368. The van der Waals surface area contributed by atoms with Crippen molar-refractivity contribution in [3.63, 3.8) is 0 Å². The highest BCUT2D eigenvalue weighted by molar-refractivity contribution is 5.98. The first kappa shape index (κ1) is 16.5. The van der Waals surface area contributed by atoms with E-state index in [4.69, 9.17) is 0 Å². The van der Waals surface area contributed by atoms with Gasteiger partial charge in [-0.3, -0.25) is 9.59 Å². The van der Waals surface area contributed by atoms with Crippen molar-refractivity contribution in [2.24, 2.45) is 0 Å². The van der Waals surface area contributed by atoms with Crippen molar-refractivity contribution < 1.29 is 14.7 Å². The number of likely N-dealkylation sites (tertiary alicyclic amines) is 1. The van der Waals surface area contributed by atoms with E-state index in [1.54, 1.807) is 11.0 Å². The second kappa shape index (κ2) is 7.45. The van der Waals surface area contributed by atoms with Gasteiger partial charge in [-0.1, -0.05) is 30.3 Å². The molecular weight excluding hydrogens is 304 g/mol. The summed E-state index contributed by atoms with van der Waals surface area (Å²) >= 11 is 0. The molecule has 5 heteroatoms. The van der Waals surface area contributed by atoms with Crippen LogP contribution < -0.4 is 5.32 Å². The molecular formula is C19H22N2O3. The Morgan fingerprint density at radius 3 is 2.75 bits per heavy atom. The Kier molecular flexibility index (Phi) is 5.11. The first-order chi connectivity index (χ1) is 11.7. The number of benzene rings is 2. The number of nitrogens with zero attached hydrogens (tertiary/aromatic N) is 1. The second-order valence-electron chi connectivity index (χ2n) is 6.13. The zero-order chi connectivity index (χ0) is 16.9. The van der Waals surface area contributed by atoms with Gasteiger partial charge in [0.2, 0.25) is 5.91 Å². The third kappa shape index (κ3) is 3.57. The van der Waals surface area contributed by atoms with Crippen LogP contribution in [0.3, 0.4) is 0 Å². The van der Waals surface area contributed by atoms with E-state index in [0.29, 0.717) is 18.7 Å². The summed E-state index contributed by atoms with van der Waals surface area (Å²) < 4.78 is 0. The highest BCUT2D eigenvalue weighted by Crippen LogP contribution is 2.18. The van der Waals surface area contributed by atoms with Gasteiger partial charge in [0.1, 0.15) is 0 Å². The Morgan fingerprint density at radius 1 is 1.17 bits per heavy atom. The van der Waals surface area contributed by atoms with E-state index in [-0.39, 0.29) is 30.9 Å². The van der Waals surface area contributed by atoms with Crippen LogP contribution in [0, 0.1) is 0 Å². The monoisotopic (exact) mass is 326 g/mol. The van der Waals surface area contributed by atoms with Gasteiger partial charge in [0.25, 0.3) is 5.91 Å². The molecule has 0 spiro atoms. The maximum Gasteiger partial charge on any atom is 0.251 e. The zero-order valence-electron chi connectivity index (χ0n) is 13.6. The first-order valence-electron chi connectivity index (χ1n) is 8.36. The summed E-state index contributed by atoms with van der Waals surface area (Å²) in [6.45, 7) is 1.01. The van der Waals surface area contributed by atoms with Gasteiger partial charge < -0.3 is 15.3 Å². The molecule has 0 bridgehead atoms. The molecule has 0 unspecified atom stereocenters. The molecule has 0 aromatic heterocycles. The number of carbonyl (C=O) groups excluding carboxylic acids is 2. The van der Waals surface area contributed by atoms with Crippen molar-refractivity contribution in [2.45, 2.75) is 25.3 Å². The Hall–Kier alpha value is -2.40. The molecule has 2 amide bonds. The van der Waals surface area contributed by atoms with Crippen LogP contribution in [0.15, 0.2) is 42.5 Å². The first-order valence-corrected chi connectivity index (χ1v) is 8.36. The molecule has 24 heavy (non-hydrogen) atoms. The third-order valence-corrected chi connectivity index (χ3v) is 4.54. The molecule has 1 fully saturated rings. The molecule has 1 aliphatic heterocycles. The topological polar surface area (TPSA) is 69.6 Å². The van der Waals surface area contributed by atoms with Crippen LogP contribution in [-0.2, 0) is 4.79 Å². The quantitative estimate of drug-likeness (QED) is 0.882. The summed E-state index contributed by atoms with van der Waals surface area (Å²) in [4.78, 5) is 26.1. The SMILES string of the molecule is O=C(NCCC(=O)N1CCC[C@@H]1CO)c1ccc2ccccc2c1. The minimum Gasteiger partial charge on any atom is -0.394 e. The number of rotatable bonds is 5. The number of aliphatic hydroxyl groups excluding tert-OH is 1. The molecule has 126 valence electrons. The van der Waals surface area contributed by atoms with Gasteiger partial charge in [-0.25, -0.2) is 0 Å². The molecule has 1 saturated heterocycles. The molecule has 3 rings (SSSR count). The summed E-state index contributed by atoms with van der Waals surface area (Å²) in [6, 6.07) is 13.4. The van der Waals surface area contributed by atoms with Gasteiger partial charge in [-0.2, -0.15) is 0 Å². The van der Waals surface area contributed by atoms with Crippen molar-refractivity contribution in [3.05, 3.63) is 48.0 Å². The Morgan fingerprint density at radius 2 is 1.96 bits per heavy atom. The second-order valence-corrected chi connectivity index (χ2v) is 6.13. The van der Waals surface area contributed by atoms with Gasteiger partial charge in [-0.05, 0) is 35.7 Å². The van der Waals surface area contributed by atoms with Crippen molar-refractivity contribution in [1.82, 2.24) is 10.2 Å². The van der Waals surface area contributed by atoms with E-state index in [9.17, 15) is 14.7 Å². The number of hydrogen-bond donors (Lipinski definition) is 2. The summed E-state index contributed by atoms with van der Waals surface area (Å²) in [5, 5.41) is 14.2. The normalized spacial score (nSPS) is 17.2. The number of fused-ring (bicyclic) bond motifs is 1. The molecule has 1 atom stereocenters. The number of carbonyl (C=O) groups is 2. The van der Waals surface area contributed by atoms with Crippen molar-refractivity contribution >= 4 is 22.6 Å². The maximum atomic E-state index is 12.2. The number of nitrogens with one attached hydrogen (secondary N) is 1. The molecule has 0 aliphatic carbocycles. The summed E-state index contributed by atoms with van der Waals surface area (Å²) in [7, 11) is 0. The van der Waals surface area contributed by atoms with E-state index < -0.39 is 0 Å². The fourth-order valence-corrected chi connectivity index (χ4v) is 3.21. The highest BCUT2D eigenvalue weighted by Gasteiger charge is 2.27. The van der Waals surface area contributed by atoms with Gasteiger partial charge >= 0.3 is 0 Å². The molecule has 2 aromatic rings. The fourth-order valence-electron chi connectivity index (χ4n) is 3.21. The molecule has 2 aromatic carbocycles. The number of amides is 2. The third-order valence-electron chi connectivity index (χ3n) is 4.54. The van der Waals surface area contributed by atoms with Crippen LogP contribution in [0.2, 0.25) is 0 Å². The Bertz CT molecular complexity index is 744. The number of hydrogen-bond acceptors (Lipinski definition) is 3. The average molecular weight is 326 g/mol. The van der Waals surface area contributed by atoms with Crippen molar-refractivity contribution in [1.29, 1.82) is 0 Å². The van der Waals surface area contributed by atoms with Crippen LogP contribution in [-0.4, -0.2) is 47.6 Å². The van der Waals surface area contributed by atoms with Gasteiger partial charge in [-0.15, -0.1) is 0 Å². The predicted molar refractivity (Wildman–Crippen MR) is 92.7 cm³/mol. The van der Waals surface area contributed by atoms with Gasteiger partial charge in [0.15, 0.2) is 0 Å². The molecule has 2 N–H and O–H groups in total. The number of aliphatic hydroxyl groups is 1. The standard InChI is InChI=1S/C19H22N2O3/c22-13-17-6-3-11-21(17)18(23)9-10-20-19(24)16-8-7-14-4-1-2-5-15(14)12-16/h1-2,4-5,7-8,12,17,22H,3,6,9-11,13H2,(H,20,24)/t17-/m1/s1. The minimum atomic E-state index is -0.173. The van der Waals surface area contributed by atoms with Crippen molar-refractivity contribution in [3.8, 4) is 0 Å². The lowest BCUT2D eigenvalue weighted by molar-refractivity contribution is -0.132. The smallest absolute Gasteiger partial charge is 0.251 e. The van der Waals surface area contributed by atoms with Crippen LogP contribution >= 0.6 is 0 Å². The van der Waals surface area contributed by atoms with E-state index >= 15 is 0 Å². The van der Waals surface area contributed by atoms with Crippen LogP contribution in [0.1, 0.15) is 29.6 Å². The van der Waals surface area contributed by atoms with Gasteiger partial charge in [0.05, 0.1) is 12.6 Å². The molecule has 0 saturated carbocycles. The molecule has 1 heterocycles. The predicted octanol–water partition coefficient (Wildman–Crippen LogP) is 1.94. The van der Waals surface area contributed by atoms with Gasteiger partial charge in [0, 0.05) is 25.1 Å². The van der Waals surface area contributed by atoms with Crippen LogP contribution in [0.4, 0.5) is 0 Å². The lowest BCUT2D eigenvalue weighted by Crippen LogP contribution is -2.39. The Labute approximate surface area is 141 Å². The maximum absolute atomic E-state index is 12.2. The Balaban J connectivity index is 1.54. The summed E-state index contributed by atoms with van der Waals surface area (Å²) in [5.74, 6) is -0.181. The van der Waals surface area contributed by atoms with E-state index in [1.807, 2.05) is 36.4 Å². The minimum absolute atomic E-state index is 0.00892. The van der Waals surface area contributed by atoms with E-state index in [0.717, 1.165) is 23.6 Å². The van der Waals surface area contributed by atoms with E-state index in [2.05, 4.69) is 5.32 Å². The largest absolute Gasteiger partial charge is 0.394 e. The zero-order valence-corrected chi connectivity index (χ0v) is 13.6. The highest BCUT2D eigenvalue weighted by atomic mass is 16.3. The molecule has 5 nitrogen and oxygen atoms in total. The average Bonchev–Trinajstić information content (AvgIpc) is 3.10. The molecule has 0 radical (unpaired) electrons. The lowest BCUT2D eigenvalue weighted by atomic mass is 10.1.